The number of hydrogen-bond donors (Lipinski definition) is 2. The van der Waals surface area contributed by atoms with E-state index in [1.54, 1.807) is 24.3 Å². The van der Waals surface area contributed by atoms with E-state index < -0.39 is 10.8 Å². The van der Waals surface area contributed by atoms with Crippen LogP contribution in [0.4, 0.5) is 17.2 Å². The molecule has 1 amide bonds. The smallest absolute Gasteiger partial charge is 0.311 e. The summed E-state index contributed by atoms with van der Waals surface area (Å²) < 4.78 is 4.89. The van der Waals surface area contributed by atoms with Gasteiger partial charge >= 0.3 is 11.7 Å². The fourth-order valence-corrected chi connectivity index (χ4v) is 1.95. The van der Waals surface area contributed by atoms with Gasteiger partial charge in [0.2, 0.25) is 5.82 Å². The number of nitro groups is 1. The lowest BCUT2D eigenvalue weighted by Crippen LogP contribution is -2.19. The fraction of sp³-hybridized carbons (Fsp3) is 0.188. The van der Waals surface area contributed by atoms with Crippen LogP contribution in [0.15, 0.2) is 36.4 Å². The van der Waals surface area contributed by atoms with Gasteiger partial charge in [0.15, 0.2) is 0 Å². The summed E-state index contributed by atoms with van der Waals surface area (Å²) in [5, 5.41) is 16.4. The molecule has 0 fully saturated rings. The van der Waals surface area contributed by atoms with Crippen molar-refractivity contribution in [2.45, 2.75) is 13.5 Å². The highest BCUT2D eigenvalue weighted by molar-refractivity contribution is 5.93. The minimum Gasteiger partial charge on any atom is -0.461 e. The van der Waals surface area contributed by atoms with Crippen LogP contribution in [0.1, 0.15) is 23.0 Å². The van der Waals surface area contributed by atoms with E-state index in [-0.39, 0.29) is 29.8 Å². The van der Waals surface area contributed by atoms with Crippen LogP contribution in [0.25, 0.3) is 0 Å². The number of carbonyl (C=O) groups is 2. The number of pyridine rings is 1. The highest BCUT2D eigenvalue weighted by atomic mass is 16.6. The van der Waals surface area contributed by atoms with Gasteiger partial charge in [0.25, 0.3) is 5.91 Å². The summed E-state index contributed by atoms with van der Waals surface area (Å²) in [7, 11) is 1.44. The minimum atomic E-state index is -0.585. The number of aromatic nitrogens is 1. The Morgan fingerprint density at radius 2 is 1.88 bits per heavy atom. The number of benzene rings is 1. The molecule has 1 aromatic heterocycles. The molecule has 1 heterocycles. The third-order valence-electron chi connectivity index (χ3n) is 3.19. The summed E-state index contributed by atoms with van der Waals surface area (Å²) in [6.07, 6.45) is 0. The molecule has 0 saturated carbocycles. The first-order valence-electron chi connectivity index (χ1n) is 7.27. The van der Waals surface area contributed by atoms with E-state index in [0.717, 1.165) is 5.56 Å². The molecule has 0 aliphatic rings. The van der Waals surface area contributed by atoms with Gasteiger partial charge in [-0.1, -0.05) is 12.1 Å². The van der Waals surface area contributed by atoms with Crippen LogP contribution in [0.2, 0.25) is 0 Å². The van der Waals surface area contributed by atoms with Crippen LogP contribution in [0.5, 0.6) is 0 Å². The maximum Gasteiger partial charge on any atom is 0.311 e. The Balaban J connectivity index is 2.24. The zero-order chi connectivity index (χ0) is 18.4. The molecule has 2 rings (SSSR count). The van der Waals surface area contributed by atoms with E-state index in [1.165, 1.54) is 26.1 Å². The van der Waals surface area contributed by atoms with Crippen molar-refractivity contribution in [3.8, 4) is 0 Å². The Morgan fingerprint density at radius 3 is 2.44 bits per heavy atom. The summed E-state index contributed by atoms with van der Waals surface area (Å²) >= 11 is 0. The van der Waals surface area contributed by atoms with Gasteiger partial charge in [-0.3, -0.25) is 19.7 Å². The number of amides is 1. The third kappa shape index (κ3) is 4.74. The number of anilines is 2. The van der Waals surface area contributed by atoms with Crippen LogP contribution < -0.4 is 10.6 Å². The molecule has 0 saturated heterocycles. The van der Waals surface area contributed by atoms with Crippen molar-refractivity contribution in [1.82, 2.24) is 10.3 Å². The number of rotatable bonds is 6. The zero-order valence-corrected chi connectivity index (χ0v) is 13.6. The van der Waals surface area contributed by atoms with E-state index in [2.05, 4.69) is 15.6 Å². The molecule has 0 bridgehead atoms. The molecule has 0 atom stereocenters. The Hall–Kier alpha value is -3.49. The summed E-state index contributed by atoms with van der Waals surface area (Å²) in [6.45, 7) is 1.46. The molecule has 9 nitrogen and oxygen atoms in total. The number of ether oxygens (including phenoxy) is 1. The molecule has 1 aromatic carbocycles. The molecule has 0 radical (unpaired) electrons. The molecule has 9 heteroatoms. The number of esters is 1. The molecular weight excluding hydrogens is 328 g/mol. The standard InChI is InChI=1S/C16H16N4O5/c1-10(21)25-9-11-3-5-12(6-4-11)18-15-14(20(23)24)8-7-13(19-15)16(22)17-2/h3-8H,9H2,1-2H3,(H,17,22)(H,18,19). The highest BCUT2D eigenvalue weighted by Gasteiger charge is 2.18. The van der Waals surface area contributed by atoms with E-state index in [4.69, 9.17) is 4.74 Å². The van der Waals surface area contributed by atoms with Gasteiger partial charge in [-0.2, -0.15) is 0 Å². The van der Waals surface area contributed by atoms with Gasteiger partial charge in [-0.05, 0) is 23.8 Å². The van der Waals surface area contributed by atoms with E-state index in [1.807, 2.05) is 0 Å². The summed E-state index contributed by atoms with van der Waals surface area (Å²) in [4.78, 5) is 37.0. The monoisotopic (exact) mass is 344 g/mol. The number of nitrogens with one attached hydrogen (secondary N) is 2. The minimum absolute atomic E-state index is 0.0427. The van der Waals surface area contributed by atoms with Crippen LogP contribution >= 0.6 is 0 Å². The number of carbonyl (C=O) groups excluding carboxylic acids is 2. The highest BCUT2D eigenvalue weighted by Crippen LogP contribution is 2.26. The number of hydrogen-bond acceptors (Lipinski definition) is 7. The molecule has 0 unspecified atom stereocenters. The van der Waals surface area contributed by atoms with E-state index in [9.17, 15) is 19.7 Å². The van der Waals surface area contributed by atoms with Gasteiger partial charge < -0.3 is 15.4 Å². The van der Waals surface area contributed by atoms with Crippen molar-refractivity contribution in [1.29, 1.82) is 0 Å². The van der Waals surface area contributed by atoms with Crippen molar-refractivity contribution in [2.75, 3.05) is 12.4 Å². The van der Waals surface area contributed by atoms with Crippen LogP contribution in [0, 0.1) is 10.1 Å². The first-order valence-corrected chi connectivity index (χ1v) is 7.27. The zero-order valence-electron chi connectivity index (χ0n) is 13.6. The summed E-state index contributed by atoms with van der Waals surface area (Å²) in [5.74, 6) is -0.874. The molecule has 0 aliphatic carbocycles. The molecule has 2 N–H and O–H groups in total. The van der Waals surface area contributed by atoms with E-state index in [0.29, 0.717) is 5.69 Å². The maximum absolute atomic E-state index is 11.7. The Morgan fingerprint density at radius 1 is 1.20 bits per heavy atom. The van der Waals surface area contributed by atoms with Gasteiger partial charge in [0.1, 0.15) is 12.3 Å². The first kappa shape index (κ1) is 17.9. The second-order valence-corrected chi connectivity index (χ2v) is 5.00. The maximum atomic E-state index is 11.7. The van der Waals surface area contributed by atoms with Crippen LogP contribution in [0.3, 0.4) is 0 Å². The van der Waals surface area contributed by atoms with Gasteiger partial charge in [-0.25, -0.2) is 4.98 Å². The Bertz CT molecular complexity index is 805. The van der Waals surface area contributed by atoms with Crippen molar-refractivity contribution < 1.29 is 19.2 Å². The Labute approximate surface area is 143 Å². The molecule has 0 spiro atoms. The molecular formula is C16H16N4O5. The van der Waals surface area contributed by atoms with Gasteiger partial charge in [0.05, 0.1) is 4.92 Å². The molecule has 130 valence electrons. The van der Waals surface area contributed by atoms with Crippen molar-refractivity contribution >= 4 is 29.1 Å². The van der Waals surface area contributed by atoms with Crippen molar-refractivity contribution in [2.24, 2.45) is 0 Å². The average Bonchev–Trinajstić information content (AvgIpc) is 2.60. The summed E-state index contributed by atoms with van der Waals surface area (Å²) in [6, 6.07) is 9.24. The normalized spacial score (nSPS) is 10.0. The largest absolute Gasteiger partial charge is 0.461 e. The molecule has 0 aliphatic heterocycles. The van der Waals surface area contributed by atoms with Gasteiger partial charge in [0, 0.05) is 25.7 Å². The van der Waals surface area contributed by atoms with Crippen molar-refractivity contribution in [3.63, 3.8) is 0 Å². The first-order chi connectivity index (χ1) is 11.9. The predicted octanol–water partition coefficient (Wildman–Crippen LogP) is 2.16. The Kier molecular flexibility index (Phi) is 5.62. The van der Waals surface area contributed by atoms with Gasteiger partial charge in [-0.15, -0.1) is 0 Å². The second kappa shape index (κ2) is 7.86. The quantitative estimate of drug-likeness (QED) is 0.467. The lowest BCUT2D eigenvalue weighted by Gasteiger charge is -2.09. The molecule has 2 aromatic rings. The summed E-state index contributed by atoms with van der Waals surface area (Å²) in [5.41, 5.74) is 1.11. The SMILES string of the molecule is CNC(=O)c1ccc([N+](=O)[O-])c(Nc2ccc(COC(C)=O)cc2)n1. The second-order valence-electron chi connectivity index (χ2n) is 5.00. The third-order valence-corrected chi connectivity index (χ3v) is 3.19. The molecule has 25 heavy (non-hydrogen) atoms. The van der Waals surface area contributed by atoms with E-state index >= 15 is 0 Å². The lowest BCUT2D eigenvalue weighted by molar-refractivity contribution is -0.384. The average molecular weight is 344 g/mol. The number of nitrogens with zero attached hydrogens (tertiary/aromatic N) is 2. The predicted molar refractivity (Wildman–Crippen MR) is 89.5 cm³/mol. The van der Waals surface area contributed by atoms with Crippen molar-refractivity contribution in [3.05, 3.63) is 57.8 Å². The lowest BCUT2D eigenvalue weighted by atomic mass is 10.2. The van der Waals surface area contributed by atoms with Crippen LogP contribution in [-0.4, -0.2) is 28.8 Å². The van der Waals surface area contributed by atoms with Crippen LogP contribution in [-0.2, 0) is 16.1 Å². The fourth-order valence-electron chi connectivity index (χ4n) is 1.95. The topological polar surface area (TPSA) is 123 Å².